The highest BCUT2D eigenvalue weighted by molar-refractivity contribution is 5.59. The van der Waals surface area contributed by atoms with Gasteiger partial charge in [0.25, 0.3) is 5.78 Å². The maximum absolute atomic E-state index is 4.53. The average Bonchev–Trinajstić information content (AvgIpc) is 3.14. The summed E-state index contributed by atoms with van der Waals surface area (Å²) in [4.78, 5) is 8.52. The lowest BCUT2D eigenvalue weighted by Crippen LogP contribution is -2.05. The van der Waals surface area contributed by atoms with E-state index in [0.29, 0.717) is 5.78 Å². The lowest BCUT2D eigenvalue weighted by molar-refractivity contribution is 0.659. The van der Waals surface area contributed by atoms with Crippen molar-refractivity contribution in [2.24, 2.45) is 0 Å². The Morgan fingerprint density at radius 3 is 2.72 bits per heavy atom. The second kappa shape index (κ2) is 6.01. The van der Waals surface area contributed by atoms with E-state index in [9.17, 15) is 0 Å². The number of aryl methyl sites for hydroxylation is 3. The van der Waals surface area contributed by atoms with Crippen LogP contribution in [0.15, 0.2) is 42.7 Å². The zero-order valence-electron chi connectivity index (χ0n) is 14.4. The first-order valence-corrected chi connectivity index (χ1v) is 8.13. The van der Waals surface area contributed by atoms with Crippen molar-refractivity contribution in [2.75, 3.05) is 5.32 Å². The molecular formula is C18H19N7. The summed E-state index contributed by atoms with van der Waals surface area (Å²) < 4.78 is 3.71. The molecule has 0 saturated heterocycles. The molecule has 0 aliphatic rings. The summed E-state index contributed by atoms with van der Waals surface area (Å²) in [5.41, 5.74) is 5.25. The van der Waals surface area contributed by atoms with Crippen LogP contribution in [0.3, 0.4) is 0 Å². The topological polar surface area (TPSA) is 72.9 Å². The van der Waals surface area contributed by atoms with Crippen LogP contribution in [0.5, 0.6) is 0 Å². The van der Waals surface area contributed by atoms with Gasteiger partial charge in [0.15, 0.2) is 0 Å². The molecule has 0 amide bonds. The van der Waals surface area contributed by atoms with Gasteiger partial charge in [0.05, 0.1) is 12.2 Å². The molecule has 0 spiro atoms. The van der Waals surface area contributed by atoms with E-state index in [1.54, 1.807) is 4.52 Å². The minimum atomic E-state index is 0.585. The zero-order valence-corrected chi connectivity index (χ0v) is 14.4. The molecule has 0 unspecified atom stereocenters. The Hall–Kier alpha value is -3.22. The summed E-state index contributed by atoms with van der Waals surface area (Å²) in [5.74, 6) is 1.42. The van der Waals surface area contributed by atoms with E-state index >= 15 is 0 Å². The van der Waals surface area contributed by atoms with Crippen molar-refractivity contribution in [3.8, 4) is 0 Å². The van der Waals surface area contributed by atoms with Crippen molar-refractivity contribution >= 4 is 17.3 Å². The smallest absolute Gasteiger partial charge is 0.254 e. The molecule has 7 nitrogen and oxygen atoms in total. The summed E-state index contributed by atoms with van der Waals surface area (Å²) in [6.45, 7) is 6.77. The number of nitrogens with one attached hydrogen (secondary N) is 1. The van der Waals surface area contributed by atoms with Gasteiger partial charge in [-0.15, -0.1) is 0 Å². The van der Waals surface area contributed by atoms with Crippen LogP contribution >= 0.6 is 0 Å². The standard InChI is InChI=1S/C18H19N7/c1-12-8-17(25-18(21-12)19-11-20-25)22-16-6-4-5-15(9-16)10-24-14(3)7-13(2)23-24/h4-9,11,22H,10H2,1-3H3. The largest absolute Gasteiger partial charge is 0.340 e. The Balaban J connectivity index is 1.63. The van der Waals surface area contributed by atoms with Crippen molar-refractivity contribution in [3.63, 3.8) is 0 Å². The molecule has 25 heavy (non-hydrogen) atoms. The van der Waals surface area contributed by atoms with Crippen LogP contribution < -0.4 is 5.32 Å². The van der Waals surface area contributed by atoms with Crippen molar-refractivity contribution < 1.29 is 0 Å². The van der Waals surface area contributed by atoms with Crippen molar-refractivity contribution in [1.82, 2.24) is 29.4 Å². The molecule has 0 atom stereocenters. The van der Waals surface area contributed by atoms with Crippen LogP contribution in [0, 0.1) is 20.8 Å². The van der Waals surface area contributed by atoms with Crippen LogP contribution in [-0.4, -0.2) is 29.4 Å². The van der Waals surface area contributed by atoms with Crippen molar-refractivity contribution in [1.29, 1.82) is 0 Å². The summed E-state index contributed by atoms with van der Waals surface area (Å²) in [7, 11) is 0. The van der Waals surface area contributed by atoms with Crippen LogP contribution in [0.1, 0.15) is 22.6 Å². The van der Waals surface area contributed by atoms with E-state index in [0.717, 1.165) is 35.1 Å². The summed E-state index contributed by atoms with van der Waals surface area (Å²) >= 11 is 0. The number of hydrogen-bond donors (Lipinski definition) is 1. The highest BCUT2D eigenvalue weighted by Crippen LogP contribution is 2.19. The number of nitrogens with zero attached hydrogens (tertiary/aromatic N) is 6. The first-order chi connectivity index (χ1) is 12.1. The molecule has 4 aromatic rings. The van der Waals surface area contributed by atoms with Crippen molar-refractivity contribution in [2.45, 2.75) is 27.3 Å². The highest BCUT2D eigenvalue weighted by Gasteiger charge is 2.07. The Labute approximate surface area is 145 Å². The molecule has 0 aliphatic heterocycles. The zero-order chi connectivity index (χ0) is 17.4. The van der Waals surface area contributed by atoms with E-state index in [-0.39, 0.29) is 0 Å². The Bertz CT molecular complexity index is 1040. The van der Waals surface area contributed by atoms with Gasteiger partial charge < -0.3 is 5.32 Å². The molecule has 1 aromatic carbocycles. The fourth-order valence-electron chi connectivity index (χ4n) is 2.92. The number of rotatable bonds is 4. The van der Waals surface area contributed by atoms with E-state index in [2.05, 4.69) is 50.6 Å². The third-order valence-corrected chi connectivity index (χ3v) is 4.01. The number of benzene rings is 1. The molecule has 126 valence electrons. The van der Waals surface area contributed by atoms with Crippen LogP contribution in [0.4, 0.5) is 11.5 Å². The van der Waals surface area contributed by atoms with Gasteiger partial charge in [0.1, 0.15) is 12.1 Å². The number of aromatic nitrogens is 6. The second-order valence-electron chi connectivity index (χ2n) is 6.16. The molecule has 0 fully saturated rings. The molecule has 3 aromatic heterocycles. The predicted octanol–water partition coefficient (Wildman–Crippen LogP) is 3.04. The average molecular weight is 333 g/mol. The van der Waals surface area contributed by atoms with Gasteiger partial charge in [0, 0.05) is 23.1 Å². The Morgan fingerprint density at radius 2 is 1.92 bits per heavy atom. The lowest BCUT2D eigenvalue weighted by atomic mass is 10.2. The number of hydrogen-bond acceptors (Lipinski definition) is 5. The van der Waals surface area contributed by atoms with Gasteiger partial charge in [-0.3, -0.25) is 4.68 Å². The van der Waals surface area contributed by atoms with Gasteiger partial charge in [-0.25, -0.2) is 4.98 Å². The van der Waals surface area contributed by atoms with E-state index in [1.165, 1.54) is 11.9 Å². The molecule has 3 heterocycles. The van der Waals surface area contributed by atoms with Crippen LogP contribution in [-0.2, 0) is 6.54 Å². The minimum absolute atomic E-state index is 0.585. The van der Waals surface area contributed by atoms with Gasteiger partial charge in [-0.1, -0.05) is 12.1 Å². The van der Waals surface area contributed by atoms with E-state index in [4.69, 9.17) is 0 Å². The van der Waals surface area contributed by atoms with Gasteiger partial charge in [-0.05, 0) is 44.5 Å². The molecule has 0 radical (unpaired) electrons. The maximum atomic E-state index is 4.53. The first kappa shape index (κ1) is 15.3. The predicted molar refractivity (Wildman–Crippen MR) is 96.0 cm³/mol. The van der Waals surface area contributed by atoms with Gasteiger partial charge in [-0.2, -0.15) is 19.7 Å². The Morgan fingerprint density at radius 1 is 1.04 bits per heavy atom. The summed E-state index contributed by atoms with van der Waals surface area (Å²) in [6.07, 6.45) is 1.51. The molecule has 0 bridgehead atoms. The summed E-state index contributed by atoms with van der Waals surface area (Å²) in [5, 5.41) is 12.2. The maximum Gasteiger partial charge on any atom is 0.254 e. The molecule has 0 aliphatic carbocycles. The van der Waals surface area contributed by atoms with E-state index in [1.807, 2.05) is 36.7 Å². The van der Waals surface area contributed by atoms with Gasteiger partial charge >= 0.3 is 0 Å². The number of anilines is 2. The lowest BCUT2D eigenvalue weighted by Gasteiger charge is -2.11. The molecule has 1 N–H and O–H groups in total. The first-order valence-electron chi connectivity index (χ1n) is 8.13. The van der Waals surface area contributed by atoms with Gasteiger partial charge in [0.2, 0.25) is 0 Å². The molecule has 4 rings (SSSR count). The summed E-state index contributed by atoms with van der Waals surface area (Å²) in [6, 6.07) is 12.3. The molecular weight excluding hydrogens is 314 g/mol. The second-order valence-corrected chi connectivity index (χ2v) is 6.16. The van der Waals surface area contributed by atoms with E-state index < -0.39 is 0 Å². The minimum Gasteiger partial charge on any atom is -0.340 e. The fraction of sp³-hybridized carbons (Fsp3) is 0.222. The third kappa shape index (κ3) is 3.08. The molecule has 7 heteroatoms. The number of fused-ring (bicyclic) bond motifs is 1. The fourth-order valence-corrected chi connectivity index (χ4v) is 2.92. The Kier molecular flexibility index (Phi) is 3.68. The quantitative estimate of drug-likeness (QED) is 0.621. The highest BCUT2D eigenvalue weighted by atomic mass is 15.4. The normalized spacial score (nSPS) is 11.2. The monoisotopic (exact) mass is 333 g/mol. The van der Waals surface area contributed by atoms with Crippen molar-refractivity contribution in [3.05, 3.63) is 65.4 Å². The molecule has 0 saturated carbocycles. The SMILES string of the molecule is Cc1cc(Nc2cccc(Cn3nc(C)cc3C)c2)n2ncnc2n1. The van der Waals surface area contributed by atoms with Crippen LogP contribution in [0.25, 0.3) is 5.78 Å². The van der Waals surface area contributed by atoms with Crippen LogP contribution in [0.2, 0.25) is 0 Å². The third-order valence-electron chi connectivity index (χ3n) is 4.01.